The van der Waals surface area contributed by atoms with Crippen LogP contribution in [0.15, 0.2) is 84.9 Å². The van der Waals surface area contributed by atoms with Gasteiger partial charge in [0.15, 0.2) is 6.61 Å². The van der Waals surface area contributed by atoms with E-state index in [9.17, 15) is 14.4 Å². The second-order valence-corrected chi connectivity index (χ2v) is 7.39. The van der Waals surface area contributed by atoms with Gasteiger partial charge in [-0.1, -0.05) is 60.7 Å². The standard InChI is InChI=1S/C26H26N2O5/c1-32-26(31)22-12-14-23(15-13-22)27-24(29)19-33-25(30)18-28(16-20-8-4-2-5-9-20)17-21-10-6-3-7-11-21/h2-15H,16-19H2,1H3,(H,27,29). The molecule has 3 aromatic rings. The van der Waals surface area contributed by atoms with E-state index in [4.69, 9.17) is 4.74 Å². The van der Waals surface area contributed by atoms with Crippen molar-refractivity contribution in [3.63, 3.8) is 0 Å². The maximum Gasteiger partial charge on any atom is 0.337 e. The first-order chi connectivity index (χ1) is 16.0. The summed E-state index contributed by atoms with van der Waals surface area (Å²) in [5.74, 6) is -1.41. The van der Waals surface area contributed by atoms with Crippen LogP contribution >= 0.6 is 0 Å². The molecule has 0 aromatic heterocycles. The van der Waals surface area contributed by atoms with Gasteiger partial charge in [0.25, 0.3) is 5.91 Å². The van der Waals surface area contributed by atoms with E-state index in [0.29, 0.717) is 24.3 Å². The van der Waals surface area contributed by atoms with Crippen molar-refractivity contribution in [1.82, 2.24) is 4.90 Å². The van der Waals surface area contributed by atoms with Gasteiger partial charge in [-0.2, -0.15) is 0 Å². The van der Waals surface area contributed by atoms with Crippen molar-refractivity contribution in [1.29, 1.82) is 0 Å². The van der Waals surface area contributed by atoms with Gasteiger partial charge in [-0.3, -0.25) is 14.5 Å². The number of benzene rings is 3. The van der Waals surface area contributed by atoms with Gasteiger partial charge in [-0.05, 0) is 35.4 Å². The first kappa shape index (κ1) is 23.7. The molecule has 1 amide bonds. The Bertz CT molecular complexity index is 1010. The Hall–Kier alpha value is -3.97. The van der Waals surface area contributed by atoms with Crippen LogP contribution in [0.3, 0.4) is 0 Å². The molecule has 0 atom stereocenters. The highest BCUT2D eigenvalue weighted by Crippen LogP contribution is 2.12. The van der Waals surface area contributed by atoms with Gasteiger partial charge in [0.1, 0.15) is 0 Å². The summed E-state index contributed by atoms with van der Waals surface area (Å²) in [6.07, 6.45) is 0. The maximum absolute atomic E-state index is 12.4. The normalized spacial score (nSPS) is 10.5. The number of anilines is 1. The minimum Gasteiger partial charge on any atom is -0.465 e. The Balaban J connectivity index is 1.52. The van der Waals surface area contributed by atoms with Crippen molar-refractivity contribution < 1.29 is 23.9 Å². The number of nitrogens with one attached hydrogen (secondary N) is 1. The van der Waals surface area contributed by atoms with E-state index in [1.165, 1.54) is 7.11 Å². The zero-order valence-electron chi connectivity index (χ0n) is 18.4. The predicted molar refractivity (Wildman–Crippen MR) is 124 cm³/mol. The van der Waals surface area contributed by atoms with Crippen LogP contribution in [-0.2, 0) is 32.2 Å². The molecule has 0 radical (unpaired) electrons. The summed E-state index contributed by atoms with van der Waals surface area (Å²) in [4.78, 5) is 38.1. The van der Waals surface area contributed by atoms with Crippen LogP contribution in [0.25, 0.3) is 0 Å². The minimum absolute atomic E-state index is 0.0465. The first-order valence-corrected chi connectivity index (χ1v) is 10.5. The number of hydrogen-bond donors (Lipinski definition) is 1. The molecule has 7 nitrogen and oxygen atoms in total. The van der Waals surface area contributed by atoms with Crippen molar-refractivity contribution in [2.24, 2.45) is 0 Å². The van der Waals surface area contributed by atoms with Crippen molar-refractivity contribution in [3.8, 4) is 0 Å². The smallest absolute Gasteiger partial charge is 0.337 e. The number of carbonyl (C=O) groups excluding carboxylic acids is 3. The fourth-order valence-electron chi connectivity index (χ4n) is 3.23. The Kier molecular flexibility index (Phi) is 8.73. The Morgan fingerprint density at radius 1 is 0.788 bits per heavy atom. The van der Waals surface area contributed by atoms with Gasteiger partial charge < -0.3 is 14.8 Å². The number of rotatable bonds is 10. The highest BCUT2D eigenvalue weighted by Gasteiger charge is 2.15. The molecule has 170 valence electrons. The average Bonchev–Trinajstić information content (AvgIpc) is 2.84. The third-order valence-electron chi connectivity index (χ3n) is 4.80. The number of methoxy groups -OCH3 is 1. The molecule has 0 unspecified atom stereocenters. The number of hydrogen-bond acceptors (Lipinski definition) is 6. The van der Waals surface area contributed by atoms with Crippen LogP contribution in [0.1, 0.15) is 21.5 Å². The Labute approximate surface area is 192 Å². The molecule has 0 saturated heterocycles. The first-order valence-electron chi connectivity index (χ1n) is 10.5. The van der Waals surface area contributed by atoms with E-state index in [1.807, 2.05) is 65.6 Å². The largest absolute Gasteiger partial charge is 0.465 e. The van der Waals surface area contributed by atoms with Gasteiger partial charge in [0.2, 0.25) is 0 Å². The van der Waals surface area contributed by atoms with Crippen LogP contribution < -0.4 is 5.32 Å². The summed E-state index contributed by atoms with van der Waals surface area (Å²) in [5.41, 5.74) is 3.01. The van der Waals surface area contributed by atoms with Gasteiger partial charge >= 0.3 is 11.9 Å². The fourth-order valence-corrected chi connectivity index (χ4v) is 3.23. The average molecular weight is 447 g/mol. The molecule has 0 spiro atoms. The van der Waals surface area contributed by atoms with Gasteiger partial charge in [-0.25, -0.2) is 4.79 Å². The molecular weight excluding hydrogens is 420 g/mol. The van der Waals surface area contributed by atoms with E-state index < -0.39 is 24.5 Å². The summed E-state index contributed by atoms with van der Waals surface area (Å²) < 4.78 is 9.84. The summed E-state index contributed by atoms with van der Waals surface area (Å²) in [6.45, 7) is 0.792. The molecule has 3 rings (SSSR count). The summed E-state index contributed by atoms with van der Waals surface area (Å²) in [7, 11) is 1.30. The highest BCUT2D eigenvalue weighted by atomic mass is 16.5. The van der Waals surface area contributed by atoms with Crippen LogP contribution in [0.5, 0.6) is 0 Å². The van der Waals surface area contributed by atoms with Gasteiger partial charge in [0.05, 0.1) is 19.2 Å². The molecule has 3 aromatic carbocycles. The molecule has 0 aliphatic carbocycles. The number of ether oxygens (including phenoxy) is 2. The van der Waals surface area contributed by atoms with Crippen molar-refractivity contribution in [2.45, 2.75) is 13.1 Å². The van der Waals surface area contributed by atoms with E-state index >= 15 is 0 Å². The van der Waals surface area contributed by atoms with Gasteiger partial charge in [0, 0.05) is 18.8 Å². The van der Waals surface area contributed by atoms with E-state index in [0.717, 1.165) is 11.1 Å². The molecule has 1 N–H and O–H groups in total. The molecule has 0 aliphatic rings. The summed E-state index contributed by atoms with van der Waals surface area (Å²) >= 11 is 0. The quantitative estimate of drug-likeness (QED) is 0.479. The molecule has 0 fully saturated rings. The molecule has 7 heteroatoms. The SMILES string of the molecule is COC(=O)c1ccc(NC(=O)COC(=O)CN(Cc2ccccc2)Cc2ccccc2)cc1. The lowest BCUT2D eigenvalue weighted by Gasteiger charge is -2.21. The predicted octanol–water partition coefficient (Wildman–Crippen LogP) is 3.66. The van der Waals surface area contributed by atoms with Gasteiger partial charge in [-0.15, -0.1) is 0 Å². The second kappa shape index (κ2) is 12.2. The molecule has 0 bridgehead atoms. The topological polar surface area (TPSA) is 84.9 Å². The zero-order chi connectivity index (χ0) is 23.5. The molecular formula is C26H26N2O5. The van der Waals surface area contributed by atoms with E-state index in [2.05, 4.69) is 10.1 Å². The fraction of sp³-hybridized carbons (Fsp3) is 0.192. The van der Waals surface area contributed by atoms with Crippen molar-refractivity contribution in [3.05, 3.63) is 102 Å². The molecule has 0 aliphatic heterocycles. The number of nitrogens with zero attached hydrogens (tertiary/aromatic N) is 1. The summed E-state index contributed by atoms with van der Waals surface area (Å²) in [6, 6.07) is 26.0. The van der Waals surface area contributed by atoms with Crippen LogP contribution in [-0.4, -0.2) is 43.0 Å². The Morgan fingerprint density at radius 3 is 1.85 bits per heavy atom. The second-order valence-electron chi connectivity index (χ2n) is 7.39. The lowest BCUT2D eigenvalue weighted by atomic mass is 10.1. The lowest BCUT2D eigenvalue weighted by Crippen LogP contribution is -2.32. The summed E-state index contributed by atoms with van der Waals surface area (Å²) in [5, 5.41) is 2.63. The number of carbonyl (C=O) groups is 3. The number of esters is 2. The minimum atomic E-state index is -0.488. The maximum atomic E-state index is 12.4. The van der Waals surface area contributed by atoms with Crippen LogP contribution in [0.4, 0.5) is 5.69 Å². The van der Waals surface area contributed by atoms with Crippen molar-refractivity contribution in [2.75, 3.05) is 25.6 Å². The van der Waals surface area contributed by atoms with Crippen LogP contribution in [0, 0.1) is 0 Å². The third kappa shape index (κ3) is 7.90. The highest BCUT2D eigenvalue weighted by molar-refractivity contribution is 5.94. The van der Waals surface area contributed by atoms with Crippen molar-refractivity contribution >= 4 is 23.5 Å². The molecule has 0 saturated carbocycles. The van der Waals surface area contributed by atoms with E-state index in [1.54, 1.807) is 24.3 Å². The zero-order valence-corrected chi connectivity index (χ0v) is 18.4. The third-order valence-corrected chi connectivity index (χ3v) is 4.80. The Morgan fingerprint density at radius 2 is 1.33 bits per heavy atom. The van der Waals surface area contributed by atoms with Crippen LogP contribution in [0.2, 0.25) is 0 Å². The molecule has 0 heterocycles. The number of amides is 1. The van der Waals surface area contributed by atoms with E-state index in [-0.39, 0.29) is 6.54 Å². The lowest BCUT2D eigenvalue weighted by molar-refractivity contribution is -0.148. The molecule has 33 heavy (non-hydrogen) atoms. The monoisotopic (exact) mass is 446 g/mol.